The second-order valence-electron chi connectivity index (χ2n) is 11.7. The molecule has 1 aromatic rings. The van der Waals surface area contributed by atoms with Crippen LogP contribution in [-0.2, 0) is 26.6 Å². The van der Waals surface area contributed by atoms with Crippen LogP contribution in [0.15, 0.2) is 12.1 Å². The van der Waals surface area contributed by atoms with Crippen molar-refractivity contribution in [3.05, 3.63) is 23.3 Å². The quantitative estimate of drug-likeness (QED) is 0.657. The topological polar surface area (TPSA) is 88.1 Å². The molecule has 2 spiro atoms. The first-order valence-electron chi connectivity index (χ1n) is 12.5. The van der Waals surface area contributed by atoms with Gasteiger partial charge in [0.15, 0.2) is 11.5 Å². The summed E-state index contributed by atoms with van der Waals surface area (Å²) in [5.41, 5.74) is 1.84. The van der Waals surface area contributed by atoms with E-state index in [0.717, 1.165) is 44.6 Å². The molecule has 0 amide bonds. The van der Waals surface area contributed by atoms with Crippen LogP contribution in [0.3, 0.4) is 0 Å². The minimum Gasteiger partial charge on any atom is -0.504 e. The highest BCUT2D eigenvalue weighted by Gasteiger charge is 2.80. The fourth-order valence-corrected chi connectivity index (χ4v) is 9.55. The number of ether oxygens (including phenoxy) is 2. The molecule has 0 aromatic heterocycles. The van der Waals surface area contributed by atoms with E-state index in [4.69, 9.17) is 9.47 Å². The molecule has 8 heteroatoms. The van der Waals surface area contributed by atoms with Crippen molar-refractivity contribution in [1.82, 2.24) is 9.62 Å². The van der Waals surface area contributed by atoms with Gasteiger partial charge in [-0.3, -0.25) is 4.90 Å². The number of piperidine rings is 1. The number of aromatic hydroxyl groups is 1. The molecule has 4 bridgehead atoms. The molecule has 6 atom stereocenters. The minimum absolute atomic E-state index is 0.0149. The zero-order valence-electron chi connectivity index (χ0n) is 19.5. The Bertz CT molecular complexity index is 1140. The summed E-state index contributed by atoms with van der Waals surface area (Å²) >= 11 is 0. The standard InChI is InChI=1S/C25H34N2O5S/c1-31-25-8-7-23(12-17(25)13-26-33(2,29)30)19-11-16-5-6-18(28)21-20(16)24(23,22(25)32-21)9-10-27(19)14-15-3-4-15/h5-6,15,17,19,22,26,28H,3-4,7-14H2,1-2H3/t17-,19-,22-,23-,24+,25-/m1/s1. The Hall–Kier alpha value is -1.35. The Balaban J connectivity index is 1.41. The average Bonchev–Trinajstić information content (AvgIpc) is 3.52. The number of fused-ring (bicyclic) bond motifs is 2. The first kappa shape index (κ1) is 21.0. The number of phenols is 1. The van der Waals surface area contributed by atoms with Crippen molar-refractivity contribution in [3.63, 3.8) is 0 Å². The van der Waals surface area contributed by atoms with Gasteiger partial charge in [0, 0.05) is 48.6 Å². The highest BCUT2D eigenvalue weighted by molar-refractivity contribution is 7.88. The first-order chi connectivity index (χ1) is 15.7. The molecule has 5 fully saturated rings. The Morgan fingerprint density at radius 2 is 2.09 bits per heavy atom. The predicted octanol–water partition coefficient (Wildman–Crippen LogP) is 2.17. The third-order valence-electron chi connectivity index (χ3n) is 10.4. The van der Waals surface area contributed by atoms with Gasteiger partial charge in [-0.25, -0.2) is 13.1 Å². The van der Waals surface area contributed by atoms with Crippen molar-refractivity contribution in [3.8, 4) is 11.5 Å². The third kappa shape index (κ3) is 2.48. The number of hydrogen-bond donors (Lipinski definition) is 2. The molecule has 4 saturated carbocycles. The number of nitrogens with zero attached hydrogens (tertiary/aromatic N) is 1. The molecule has 0 unspecified atom stereocenters. The van der Waals surface area contributed by atoms with Gasteiger partial charge in [0.2, 0.25) is 10.0 Å². The number of sulfonamides is 1. The van der Waals surface area contributed by atoms with Crippen molar-refractivity contribution in [1.29, 1.82) is 0 Å². The van der Waals surface area contributed by atoms with E-state index >= 15 is 0 Å². The first-order valence-corrected chi connectivity index (χ1v) is 14.4. The highest BCUT2D eigenvalue weighted by Crippen LogP contribution is 2.76. The fourth-order valence-electron chi connectivity index (χ4n) is 9.04. The van der Waals surface area contributed by atoms with Crippen molar-refractivity contribution >= 4 is 10.0 Å². The van der Waals surface area contributed by atoms with Gasteiger partial charge in [-0.2, -0.15) is 0 Å². The Labute approximate surface area is 195 Å². The molecule has 2 heterocycles. The molecular weight excluding hydrogens is 440 g/mol. The van der Waals surface area contributed by atoms with Gasteiger partial charge in [0.1, 0.15) is 11.7 Å². The van der Waals surface area contributed by atoms with Crippen LogP contribution in [0.5, 0.6) is 11.5 Å². The van der Waals surface area contributed by atoms with Crippen LogP contribution < -0.4 is 9.46 Å². The third-order valence-corrected chi connectivity index (χ3v) is 11.1. The minimum atomic E-state index is -3.31. The van der Waals surface area contributed by atoms with Crippen molar-refractivity contribution in [2.24, 2.45) is 17.3 Å². The number of rotatable bonds is 6. The lowest BCUT2D eigenvalue weighted by Gasteiger charge is -2.74. The maximum absolute atomic E-state index is 12.0. The largest absolute Gasteiger partial charge is 0.504 e. The van der Waals surface area contributed by atoms with Crippen molar-refractivity contribution < 1.29 is 23.0 Å². The van der Waals surface area contributed by atoms with Crippen LogP contribution in [0.4, 0.5) is 0 Å². The van der Waals surface area contributed by atoms with Crippen LogP contribution in [0.2, 0.25) is 0 Å². The maximum atomic E-state index is 12.0. The molecule has 8 rings (SSSR count). The summed E-state index contributed by atoms with van der Waals surface area (Å²) in [5.74, 6) is 1.75. The Morgan fingerprint density at radius 3 is 2.82 bits per heavy atom. The van der Waals surface area contributed by atoms with Crippen molar-refractivity contribution in [2.45, 2.75) is 68.1 Å². The van der Waals surface area contributed by atoms with E-state index < -0.39 is 15.6 Å². The summed E-state index contributed by atoms with van der Waals surface area (Å²) in [6.45, 7) is 2.61. The van der Waals surface area contributed by atoms with Crippen LogP contribution in [0, 0.1) is 17.3 Å². The van der Waals surface area contributed by atoms with Gasteiger partial charge >= 0.3 is 0 Å². The second-order valence-corrected chi connectivity index (χ2v) is 13.5. The normalized spacial score (nSPS) is 42.8. The molecule has 1 saturated heterocycles. The molecule has 1 aromatic carbocycles. The molecule has 2 N–H and O–H groups in total. The summed E-state index contributed by atoms with van der Waals surface area (Å²) in [7, 11) is -1.55. The van der Waals surface area contributed by atoms with E-state index in [1.165, 1.54) is 36.8 Å². The van der Waals surface area contributed by atoms with Crippen molar-refractivity contribution in [2.75, 3.05) is 33.0 Å². The van der Waals surface area contributed by atoms with Crippen LogP contribution in [0.1, 0.15) is 49.7 Å². The molecule has 33 heavy (non-hydrogen) atoms. The Morgan fingerprint density at radius 1 is 1.27 bits per heavy atom. The van der Waals surface area contributed by atoms with Crippen LogP contribution in [0.25, 0.3) is 0 Å². The fraction of sp³-hybridized carbons (Fsp3) is 0.760. The lowest BCUT2D eigenvalue weighted by Crippen LogP contribution is -2.81. The summed E-state index contributed by atoms with van der Waals surface area (Å²) in [6.07, 6.45) is 8.58. The lowest BCUT2D eigenvalue weighted by molar-refractivity contribution is -0.275. The van der Waals surface area contributed by atoms with E-state index in [1.807, 2.05) is 0 Å². The van der Waals surface area contributed by atoms with E-state index in [9.17, 15) is 13.5 Å². The van der Waals surface area contributed by atoms with Gasteiger partial charge in [0.25, 0.3) is 0 Å². The molecule has 2 aliphatic heterocycles. The van der Waals surface area contributed by atoms with E-state index in [0.29, 0.717) is 18.3 Å². The summed E-state index contributed by atoms with van der Waals surface area (Å²) < 4.78 is 40.0. The van der Waals surface area contributed by atoms with E-state index in [1.54, 1.807) is 13.2 Å². The molecule has 7 aliphatic rings. The van der Waals surface area contributed by atoms with Gasteiger partial charge in [-0.05, 0) is 69.0 Å². The van der Waals surface area contributed by atoms with E-state index in [2.05, 4.69) is 15.7 Å². The smallest absolute Gasteiger partial charge is 0.208 e. The number of methoxy groups -OCH3 is 1. The van der Waals surface area contributed by atoms with Crippen LogP contribution >= 0.6 is 0 Å². The zero-order valence-corrected chi connectivity index (χ0v) is 20.3. The number of likely N-dealkylation sites (tertiary alicyclic amines) is 1. The van der Waals surface area contributed by atoms with Crippen LogP contribution in [-0.4, -0.2) is 69.2 Å². The average molecular weight is 475 g/mol. The van der Waals surface area contributed by atoms with E-state index in [-0.39, 0.29) is 28.6 Å². The maximum Gasteiger partial charge on any atom is 0.208 e. The summed E-state index contributed by atoms with van der Waals surface area (Å²) in [4.78, 5) is 2.76. The highest BCUT2D eigenvalue weighted by atomic mass is 32.2. The van der Waals surface area contributed by atoms with Gasteiger partial charge in [-0.1, -0.05) is 6.07 Å². The number of hydrogen-bond acceptors (Lipinski definition) is 6. The molecule has 5 aliphatic carbocycles. The second kappa shape index (κ2) is 6.45. The summed E-state index contributed by atoms with van der Waals surface area (Å²) in [5, 5.41) is 10.8. The molecule has 180 valence electrons. The zero-order chi connectivity index (χ0) is 22.8. The van der Waals surface area contributed by atoms with Gasteiger partial charge in [-0.15, -0.1) is 0 Å². The van der Waals surface area contributed by atoms with Gasteiger partial charge < -0.3 is 14.6 Å². The number of phenolic OH excluding ortho intramolecular Hbond substituents is 1. The summed E-state index contributed by atoms with van der Waals surface area (Å²) in [6, 6.07) is 4.34. The number of nitrogens with one attached hydrogen (secondary N) is 1. The molecular formula is C25H34N2O5S. The SMILES string of the molecule is CO[C@]12CC[C@@]3(C[C@@H]1CNS(C)(=O)=O)[C@H]1Cc4ccc(O)c5c4[C@@]3(CCN1CC1CC1)[C@H]2O5. The lowest BCUT2D eigenvalue weighted by atomic mass is 9.35. The van der Waals surface area contributed by atoms with Gasteiger partial charge in [0.05, 0.1) is 6.26 Å². The monoisotopic (exact) mass is 474 g/mol. The Kier molecular flexibility index (Phi) is 4.10. The molecule has 0 radical (unpaired) electrons. The molecule has 7 nitrogen and oxygen atoms in total. The predicted molar refractivity (Wildman–Crippen MR) is 123 cm³/mol. The number of benzene rings is 1.